The highest BCUT2D eigenvalue weighted by molar-refractivity contribution is 7.99. The molecule has 5 nitrogen and oxygen atoms in total. The lowest BCUT2D eigenvalue weighted by Crippen LogP contribution is -2.22. The van der Waals surface area contributed by atoms with Crippen LogP contribution in [0, 0.1) is 6.07 Å². The van der Waals surface area contributed by atoms with Crippen molar-refractivity contribution in [2.24, 2.45) is 0 Å². The molecule has 0 saturated carbocycles. The molecule has 0 saturated heterocycles. The molecule has 181 valence electrons. The van der Waals surface area contributed by atoms with Gasteiger partial charge in [-0.2, -0.15) is 8.42 Å². The van der Waals surface area contributed by atoms with Gasteiger partial charge in [0.25, 0.3) is 0 Å². The summed E-state index contributed by atoms with van der Waals surface area (Å²) in [5.41, 5.74) is 2.18. The minimum absolute atomic E-state index is 0.192. The van der Waals surface area contributed by atoms with E-state index in [0.717, 1.165) is 41.1 Å². The molecule has 0 aliphatic heterocycles. The largest absolute Gasteiger partial charge is 0.493 e. The Morgan fingerprint density at radius 1 is 0.853 bits per heavy atom. The quantitative estimate of drug-likeness (QED) is 0.240. The van der Waals surface area contributed by atoms with Crippen LogP contribution in [0.5, 0.6) is 17.2 Å². The maximum absolute atomic E-state index is 11.2. The first-order valence-electron chi connectivity index (χ1n) is 11.1. The number of ether oxygens (including phenoxy) is 2. The van der Waals surface area contributed by atoms with E-state index in [9.17, 15) is 8.42 Å². The van der Waals surface area contributed by atoms with Gasteiger partial charge < -0.3 is 13.7 Å². The Balaban J connectivity index is 1.42. The minimum Gasteiger partial charge on any atom is -0.493 e. The molecule has 0 unspecified atom stereocenters. The molecular formula is C27H31O5S2. The zero-order valence-electron chi connectivity index (χ0n) is 20.0. The summed E-state index contributed by atoms with van der Waals surface area (Å²) >= 11 is 1.79. The van der Waals surface area contributed by atoms with Crippen molar-refractivity contribution in [3.63, 3.8) is 0 Å². The third kappa shape index (κ3) is 9.69. The summed E-state index contributed by atoms with van der Waals surface area (Å²) in [6, 6.07) is 24.5. The molecule has 0 atom stereocenters. The zero-order valence-corrected chi connectivity index (χ0v) is 21.7. The van der Waals surface area contributed by atoms with Crippen LogP contribution in [0.25, 0.3) is 0 Å². The van der Waals surface area contributed by atoms with Crippen LogP contribution < -0.4 is 13.7 Å². The molecule has 34 heavy (non-hydrogen) atoms. The summed E-state index contributed by atoms with van der Waals surface area (Å²) in [5, 5.41) is 0. The van der Waals surface area contributed by atoms with Crippen LogP contribution in [-0.4, -0.2) is 32.6 Å². The lowest BCUT2D eigenvalue weighted by Gasteiger charge is -2.21. The first-order chi connectivity index (χ1) is 16.1. The van der Waals surface area contributed by atoms with Crippen LogP contribution in [0.3, 0.4) is 0 Å². The molecule has 0 fully saturated rings. The molecule has 0 N–H and O–H groups in total. The zero-order chi connectivity index (χ0) is 24.6. The SMILES string of the molecule is CC(C)(C)Oc1ccc(CCSc2[c]c(CCOc3ccc(OS(C)(=O)=O)cc3)ccc2)cc1. The predicted molar refractivity (Wildman–Crippen MR) is 138 cm³/mol. The number of rotatable bonds is 11. The number of aryl methyl sites for hydroxylation is 1. The van der Waals surface area contributed by atoms with Crippen molar-refractivity contribution >= 4 is 21.9 Å². The summed E-state index contributed by atoms with van der Waals surface area (Å²) in [4.78, 5) is 1.12. The van der Waals surface area contributed by atoms with Crippen LogP contribution in [0.15, 0.2) is 71.6 Å². The lowest BCUT2D eigenvalue weighted by atomic mass is 10.1. The highest BCUT2D eigenvalue weighted by atomic mass is 32.2. The third-order valence-electron chi connectivity index (χ3n) is 4.54. The van der Waals surface area contributed by atoms with Gasteiger partial charge in [0, 0.05) is 17.1 Å². The second-order valence-electron chi connectivity index (χ2n) is 8.85. The molecule has 0 spiro atoms. The standard InChI is InChI=1S/C27H31O5S2/c1-27(2,3)31-24-10-8-21(9-11-24)17-19-33-26-7-5-6-22(20-26)16-18-30-23-12-14-25(15-13-23)32-34(4,28)29/h5-15H,16-19H2,1-4H3. The van der Waals surface area contributed by atoms with Crippen molar-refractivity contribution < 1.29 is 22.1 Å². The molecule has 3 aromatic rings. The van der Waals surface area contributed by atoms with Gasteiger partial charge >= 0.3 is 10.1 Å². The molecule has 0 bridgehead atoms. The average Bonchev–Trinajstić information content (AvgIpc) is 2.75. The number of hydrogen-bond donors (Lipinski definition) is 0. The van der Waals surface area contributed by atoms with Gasteiger partial charge in [-0.3, -0.25) is 0 Å². The fraction of sp³-hybridized carbons (Fsp3) is 0.333. The van der Waals surface area contributed by atoms with Crippen molar-refractivity contribution in [1.29, 1.82) is 0 Å². The fourth-order valence-corrected chi connectivity index (χ4v) is 4.52. The summed E-state index contributed by atoms with van der Waals surface area (Å²) in [7, 11) is -3.53. The summed E-state index contributed by atoms with van der Waals surface area (Å²) in [6.45, 7) is 6.64. The fourth-order valence-electron chi connectivity index (χ4n) is 3.12. The minimum atomic E-state index is -3.53. The van der Waals surface area contributed by atoms with E-state index < -0.39 is 10.1 Å². The molecule has 7 heteroatoms. The van der Waals surface area contributed by atoms with E-state index in [1.54, 1.807) is 36.0 Å². The molecule has 1 radical (unpaired) electrons. The first-order valence-corrected chi connectivity index (χ1v) is 13.9. The monoisotopic (exact) mass is 499 g/mol. The maximum Gasteiger partial charge on any atom is 0.306 e. The van der Waals surface area contributed by atoms with Gasteiger partial charge in [-0.15, -0.1) is 11.8 Å². The Kier molecular flexibility index (Phi) is 8.91. The van der Waals surface area contributed by atoms with Crippen molar-refractivity contribution in [2.45, 2.75) is 44.1 Å². The van der Waals surface area contributed by atoms with E-state index in [0.29, 0.717) is 12.4 Å². The van der Waals surface area contributed by atoms with Gasteiger partial charge in [0.05, 0.1) is 12.9 Å². The van der Waals surface area contributed by atoms with E-state index in [1.165, 1.54) is 5.56 Å². The topological polar surface area (TPSA) is 61.8 Å². The lowest BCUT2D eigenvalue weighted by molar-refractivity contribution is 0.131. The molecule has 3 aromatic carbocycles. The summed E-state index contributed by atoms with van der Waals surface area (Å²) in [5.74, 6) is 2.79. The van der Waals surface area contributed by atoms with Crippen LogP contribution in [-0.2, 0) is 23.0 Å². The Bertz CT molecular complexity index is 1150. The second-order valence-corrected chi connectivity index (χ2v) is 11.6. The van der Waals surface area contributed by atoms with E-state index >= 15 is 0 Å². The highest BCUT2D eigenvalue weighted by Gasteiger charge is 2.11. The van der Waals surface area contributed by atoms with Gasteiger partial charge in [0.2, 0.25) is 0 Å². The summed E-state index contributed by atoms with van der Waals surface area (Å²) in [6.07, 6.45) is 2.72. The normalized spacial score (nSPS) is 11.8. The van der Waals surface area contributed by atoms with E-state index in [-0.39, 0.29) is 11.4 Å². The maximum atomic E-state index is 11.2. The van der Waals surface area contributed by atoms with Crippen molar-refractivity contribution in [2.75, 3.05) is 18.6 Å². The molecule has 0 aliphatic carbocycles. The molecular weight excluding hydrogens is 468 g/mol. The van der Waals surface area contributed by atoms with E-state index in [4.69, 9.17) is 13.7 Å². The molecule has 0 aliphatic rings. The number of thioether (sulfide) groups is 1. The van der Waals surface area contributed by atoms with Gasteiger partial charge in [-0.05, 0) is 86.8 Å². The Hall–Kier alpha value is -2.64. The predicted octanol–water partition coefficient (Wildman–Crippen LogP) is 5.96. The van der Waals surface area contributed by atoms with Crippen LogP contribution in [0.1, 0.15) is 31.9 Å². The second kappa shape index (κ2) is 11.7. The molecule has 0 heterocycles. The Morgan fingerprint density at radius 3 is 2.15 bits per heavy atom. The molecule has 0 aromatic heterocycles. The average molecular weight is 500 g/mol. The van der Waals surface area contributed by atoms with Gasteiger partial charge in [-0.1, -0.05) is 24.3 Å². The third-order valence-corrected chi connectivity index (χ3v) is 5.99. The number of benzene rings is 3. The van der Waals surface area contributed by atoms with E-state index in [1.807, 2.05) is 45.0 Å². The van der Waals surface area contributed by atoms with Crippen molar-refractivity contribution in [3.8, 4) is 17.2 Å². The van der Waals surface area contributed by atoms with Gasteiger partial charge in [0.15, 0.2) is 0 Å². The van der Waals surface area contributed by atoms with Gasteiger partial charge in [0.1, 0.15) is 22.8 Å². The number of hydrogen-bond acceptors (Lipinski definition) is 6. The van der Waals surface area contributed by atoms with Gasteiger partial charge in [-0.25, -0.2) is 0 Å². The highest BCUT2D eigenvalue weighted by Crippen LogP contribution is 2.23. The van der Waals surface area contributed by atoms with Crippen LogP contribution in [0.2, 0.25) is 0 Å². The Morgan fingerprint density at radius 2 is 1.50 bits per heavy atom. The van der Waals surface area contributed by atoms with E-state index in [2.05, 4.69) is 24.3 Å². The van der Waals surface area contributed by atoms with Crippen LogP contribution >= 0.6 is 11.8 Å². The first kappa shape index (κ1) is 26.0. The van der Waals surface area contributed by atoms with Crippen molar-refractivity contribution in [3.05, 3.63) is 83.9 Å². The molecule has 0 amide bonds. The Labute approximate surface area is 207 Å². The summed E-state index contributed by atoms with van der Waals surface area (Å²) < 4.78 is 38.8. The molecule has 3 rings (SSSR count). The smallest absolute Gasteiger partial charge is 0.306 e. The van der Waals surface area contributed by atoms with Crippen LogP contribution in [0.4, 0.5) is 0 Å². The van der Waals surface area contributed by atoms with Crippen molar-refractivity contribution in [1.82, 2.24) is 0 Å².